The van der Waals surface area contributed by atoms with Crippen LogP contribution in [0.2, 0.25) is 0 Å². The second kappa shape index (κ2) is 5.34. The Morgan fingerprint density at radius 1 is 1.00 bits per heavy atom. The maximum absolute atomic E-state index is 2.51. The standard InChI is InChI=1S/C24H28/c1-15(2)19-8-6-7-9-20(19)23-21-11-16(3)10-17(21)12-18-13-24(4,5)14-22(18)23/h6-9,11-12,15H,10,13-14H2,1-5H3. The van der Waals surface area contributed by atoms with Gasteiger partial charge in [-0.1, -0.05) is 69.7 Å². The van der Waals surface area contributed by atoms with E-state index in [1.807, 2.05) is 0 Å². The topological polar surface area (TPSA) is 0 Å². The second-order valence-corrected chi connectivity index (χ2v) is 8.89. The molecule has 2 aliphatic rings. The van der Waals surface area contributed by atoms with E-state index in [0.717, 1.165) is 6.42 Å². The highest BCUT2D eigenvalue weighted by molar-refractivity contribution is 5.86. The lowest BCUT2D eigenvalue weighted by atomic mass is 9.84. The van der Waals surface area contributed by atoms with E-state index in [2.05, 4.69) is 71.0 Å². The molecule has 0 N–H and O–H groups in total. The summed E-state index contributed by atoms with van der Waals surface area (Å²) < 4.78 is 0. The molecule has 0 heterocycles. The van der Waals surface area contributed by atoms with Crippen molar-refractivity contribution in [3.05, 3.63) is 63.7 Å². The molecular weight excluding hydrogens is 288 g/mol. The molecule has 0 heteroatoms. The van der Waals surface area contributed by atoms with E-state index >= 15 is 0 Å². The van der Waals surface area contributed by atoms with Crippen LogP contribution >= 0.6 is 0 Å². The lowest BCUT2D eigenvalue weighted by Gasteiger charge is -2.20. The zero-order chi connectivity index (χ0) is 17.1. The summed E-state index contributed by atoms with van der Waals surface area (Å²) in [7, 11) is 0. The minimum absolute atomic E-state index is 0.387. The van der Waals surface area contributed by atoms with Crippen LogP contribution in [0.4, 0.5) is 0 Å². The van der Waals surface area contributed by atoms with E-state index in [1.54, 1.807) is 11.1 Å². The number of hydrogen-bond acceptors (Lipinski definition) is 0. The highest BCUT2D eigenvalue weighted by atomic mass is 14.4. The molecule has 0 saturated heterocycles. The van der Waals surface area contributed by atoms with E-state index in [4.69, 9.17) is 0 Å². The fraction of sp³-hybridized carbons (Fsp3) is 0.417. The molecule has 4 rings (SSSR count). The molecule has 2 aromatic rings. The first kappa shape index (κ1) is 15.7. The average molecular weight is 316 g/mol. The highest BCUT2D eigenvalue weighted by Crippen LogP contribution is 2.47. The number of hydrogen-bond donors (Lipinski definition) is 0. The van der Waals surface area contributed by atoms with Gasteiger partial charge in [-0.05, 0) is 76.5 Å². The molecule has 0 atom stereocenters. The SMILES string of the molecule is CC1=Cc2c(cc3c(c2-c2ccccc2C(C)C)CC(C)(C)C3)C1. The zero-order valence-corrected chi connectivity index (χ0v) is 15.7. The Morgan fingerprint density at radius 3 is 2.50 bits per heavy atom. The molecule has 0 saturated carbocycles. The first-order valence-corrected chi connectivity index (χ1v) is 9.30. The molecule has 2 aromatic carbocycles. The number of allylic oxidation sites excluding steroid dienone is 1. The molecule has 24 heavy (non-hydrogen) atoms. The van der Waals surface area contributed by atoms with Crippen molar-refractivity contribution in [2.24, 2.45) is 5.41 Å². The molecular formula is C24H28. The van der Waals surface area contributed by atoms with Gasteiger partial charge >= 0.3 is 0 Å². The van der Waals surface area contributed by atoms with Crippen LogP contribution in [0.15, 0.2) is 35.9 Å². The average Bonchev–Trinajstić information content (AvgIpc) is 3.01. The summed E-state index contributed by atoms with van der Waals surface area (Å²) in [5.41, 5.74) is 12.6. The highest BCUT2D eigenvalue weighted by Gasteiger charge is 2.33. The zero-order valence-electron chi connectivity index (χ0n) is 15.7. The van der Waals surface area contributed by atoms with Crippen LogP contribution in [0.25, 0.3) is 17.2 Å². The second-order valence-electron chi connectivity index (χ2n) is 8.89. The van der Waals surface area contributed by atoms with Crippen molar-refractivity contribution >= 4 is 6.08 Å². The smallest absolute Gasteiger partial charge is 0.00603 e. The van der Waals surface area contributed by atoms with Gasteiger partial charge < -0.3 is 0 Å². The third-order valence-electron chi connectivity index (χ3n) is 5.69. The molecule has 0 fully saturated rings. The molecule has 0 aromatic heterocycles. The van der Waals surface area contributed by atoms with Gasteiger partial charge in [0.15, 0.2) is 0 Å². The molecule has 0 bridgehead atoms. The number of rotatable bonds is 2. The van der Waals surface area contributed by atoms with Gasteiger partial charge in [-0.15, -0.1) is 0 Å². The molecule has 124 valence electrons. The van der Waals surface area contributed by atoms with Crippen molar-refractivity contribution in [3.8, 4) is 11.1 Å². The van der Waals surface area contributed by atoms with E-state index in [0.29, 0.717) is 11.3 Å². The minimum Gasteiger partial charge on any atom is -0.0683 e. The van der Waals surface area contributed by atoms with Crippen LogP contribution in [-0.2, 0) is 19.3 Å². The van der Waals surface area contributed by atoms with Crippen molar-refractivity contribution < 1.29 is 0 Å². The van der Waals surface area contributed by atoms with E-state index in [1.165, 1.54) is 46.2 Å². The summed E-state index contributed by atoms with van der Waals surface area (Å²) in [6, 6.07) is 11.6. The summed E-state index contributed by atoms with van der Waals surface area (Å²) in [5, 5.41) is 0. The monoisotopic (exact) mass is 316 g/mol. The summed E-state index contributed by atoms with van der Waals surface area (Å²) in [6.45, 7) is 11.7. The lowest BCUT2D eigenvalue weighted by molar-refractivity contribution is 0.393. The van der Waals surface area contributed by atoms with Crippen LogP contribution in [-0.4, -0.2) is 0 Å². The van der Waals surface area contributed by atoms with Crippen LogP contribution in [0.1, 0.15) is 68.4 Å². The van der Waals surface area contributed by atoms with Crippen molar-refractivity contribution in [3.63, 3.8) is 0 Å². The van der Waals surface area contributed by atoms with Gasteiger partial charge in [-0.2, -0.15) is 0 Å². The van der Waals surface area contributed by atoms with Crippen LogP contribution in [0.3, 0.4) is 0 Å². The summed E-state index contributed by atoms with van der Waals surface area (Å²) in [4.78, 5) is 0. The maximum Gasteiger partial charge on any atom is -0.00603 e. The van der Waals surface area contributed by atoms with Crippen molar-refractivity contribution in [2.75, 3.05) is 0 Å². The molecule has 0 unspecified atom stereocenters. The van der Waals surface area contributed by atoms with E-state index in [9.17, 15) is 0 Å². The van der Waals surface area contributed by atoms with Gasteiger partial charge in [0.05, 0.1) is 0 Å². The Kier molecular flexibility index (Phi) is 3.49. The molecule has 0 spiro atoms. The predicted octanol–water partition coefficient (Wildman–Crippen LogP) is 6.56. The Bertz CT molecular complexity index is 847. The van der Waals surface area contributed by atoms with E-state index in [-0.39, 0.29) is 0 Å². The lowest BCUT2D eigenvalue weighted by Crippen LogP contribution is -2.09. The van der Waals surface area contributed by atoms with Crippen LogP contribution in [0.5, 0.6) is 0 Å². The Labute approximate surface area is 146 Å². The third-order valence-corrected chi connectivity index (χ3v) is 5.69. The quantitative estimate of drug-likeness (QED) is 0.588. The molecule has 0 radical (unpaired) electrons. The number of benzene rings is 2. The van der Waals surface area contributed by atoms with Crippen LogP contribution in [0, 0.1) is 5.41 Å². The fourth-order valence-corrected chi connectivity index (χ4v) is 4.72. The van der Waals surface area contributed by atoms with Crippen LogP contribution < -0.4 is 0 Å². The molecule has 0 nitrogen and oxygen atoms in total. The van der Waals surface area contributed by atoms with Crippen molar-refractivity contribution in [1.82, 2.24) is 0 Å². The van der Waals surface area contributed by atoms with Gasteiger partial charge in [0.25, 0.3) is 0 Å². The largest absolute Gasteiger partial charge is 0.0683 e. The molecule has 2 aliphatic carbocycles. The first-order valence-electron chi connectivity index (χ1n) is 9.30. The summed E-state index contributed by atoms with van der Waals surface area (Å²) in [5.74, 6) is 0.550. The minimum atomic E-state index is 0.387. The molecule has 0 aliphatic heterocycles. The van der Waals surface area contributed by atoms with Gasteiger partial charge in [-0.3, -0.25) is 0 Å². The Morgan fingerprint density at radius 2 is 1.75 bits per heavy atom. The Hall–Kier alpha value is -1.82. The van der Waals surface area contributed by atoms with Gasteiger partial charge in [0.1, 0.15) is 0 Å². The van der Waals surface area contributed by atoms with Crippen molar-refractivity contribution in [1.29, 1.82) is 0 Å². The number of fused-ring (bicyclic) bond motifs is 2. The van der Waals surface area contributed by atoms with Gasteiger partial charge in [-0.25, -0.2) is 0 Å². The fourth-order valence-electron chi connectivity index (χ4n) is 4.72. The maximum atomic E-state index is 2.51. The van der Waals surface area contributed by atoms with Gasteiger partial charge in [0.2, 0.25) is 0 Å². The Balaban J connectivity index is 2.03. The third kappa shape index (κ3) is 2.44. The van der Waals surface area contributed by atoms with E-state index < -0.39 is 0 Å². The molecule has 0 amide bonds. The first-order chi connectivity index (χ1) is 11.4. The summed E-state index contributed by atoms with van der Waals surface area (Å²) in [6.07, 6.45) is 5.98. The predicted molar refractivity (Wildman–Crippen MR) is 105 cm³/mol. The van der Waals surface area contributed by atoms with Gasteiger partial charge in [0, 0.05) is 0 Å². The normalized spacial score (nSPS) is 17.8. The summed E-state index contributed by atoms with van der Waals surface area (Å²) >= 11 is 0. The van der Waals surface area contributed by atoms with Crippen molar-refractivity contribution in [2.45, 2.75) is 59.8 Å².